The number of likely N-dealkylation sites (tertiary alicyclic amines) is 1. The highest BCUT2D eigenvalue weighted by Crippen LogP contribution is 2.35. The quantitative estimate of drug-likeness (QED) is 0.838. The van der Waals surface area contributed by atoms with Crippen LogP contribution in [-0.2, 0) is 6.42 Å². The van der Waals surface area contributed by atoms with Gasteiger partial charge in [-0.1, -0.05) is 18.6 Å². The Bertz CT molecular complexity index is 847. The van der Waals surface area contributed by atoms with Gasteiger partial charge in [0, 0.05) is 24.9 Å². The summed E-state index contributed by atoms with van der Waals surface area (Å²) in [6, 6.07) is 7.68. The van der Waals surface area contributed by atoms with E-state index in [1.807, 2.05) is 49.9 Å². The van der Waals surface area contributed by atoms with Crippen molar-refractivity contribution in [2.75, 3.05) is 13.1 Å². The molecular formula is C22H30N4O3. The lowest BCUT2D eigenvalue weighted by molar-refractivity contribution is -0.0414. The number of fused-ring (bicyclic) bond motifs is 2. The zero-order valence-electron chi connectivity index (χ0n) is 17.4. The maximum absolute atomic E-state index is 13.2. The van der Waals surface area contributed by atoms with E-state index in [1.54, 1.807) is 4.68 Å². The third kappa shape index (κ3) is 3.88. The molecule has 1 aromatic heterocycles. The molecule has 2 bridgehead atoms. The van der Waals surface area contributed by atoms with Crippen molar-refractivity contribution >= 4 is 5.91 Å². The van der Waals surface area contributed by atoms with Crippen LogP contribution in [0.1, 0.15) is 56.2 Å². The van der Waals surface area contributed by atoms with Crippen LogP contribution in [-0.4, -0.2) is 56.2 Å². The van der Waals surface area contributed by atoms with E-state index in [4.69, 9.17) is 4.74 Å². The zero-order valence-corrected chi connectivity index (χ0v) is 17.4. The average molecular weight is 399 g/mol. The van der Waals surface area contributed by atoms with Gasteiger partial charge in [-0.3, -0.25) is 4.79 Å². The van der Waals surface area contributed by atoms with Crippen LogP contribution in [0.5, 0.6) is 5.75 Å². The Labute approximate surface area is 171 Å². The second kappa shape index (κ2) is 8.14. The van der Waals surface area contributed by atoms with Gasteiger partial charge in [0.25, 0.3) is 5.91 Å². The van der Waals surface area contributed by atoms with Crippen molar-refractivity contribution in [3.8, 4) is 11.4 Å². The monoisotopic (exact) mass is 398 g/mol. The number of nitrogens with zero attached hydrogens (tertiary/aromatic N) is 4. The van der Waals surface area contributed by atoms with E-state index in [2.05, 4.69) is 10.3 Å². The zero-order chi connectivity index (χ0) is 20.5. The normalized spacial score (nSPS) is 24.0. The van der Waals surface area contributed by atoms with Crippen LogP contribution in [0.4, 0.5) is 0 Å². The van der Waals surface area contributed by atoms with Crippen molar-refractivity contribution in [3.05, 3.63) is 35.7 Å². The molecule has 4 rings (SSSR count). The van der Waals surface area contributed by atoms with E-state index in [9.17, 15) is 9.90 Å². The number of aromatic nitrogens is 3. The summed E-state index contributed by atoms with van der Waals surface area (Å²) in [6.45, 7) is 7.21. The maximum atomic E-state index is 13.2. The minimum atomic E-state index is -0.277. The molecule has 1 N–H and O–H groups in total. The van der Waals surface area contributed by atoms with Crippen molar-refractivity contribution in [2.24, 2.45) is 11.8 Å². The van der Waals surface area contributed by atoms with Gasteiger partial charge in [0.05, 0.1) is 23.6 Å². The molecule has 7 heteroatoms. The molecule has 1 saturated heterocycles. The van der Waals surface area contributed by atoms with Crippen molar-refractivity contribution in [1.82, 2.24) is 19.9 Å². The third-order valence-electron chi connectivity index (χ3n) is 6.07. The fraction of sp³-hybridized carbons (Fsp3) is 0.591. The van der Waals surface area contributed by atoms with Crippen LogP contribution < -0.4 is 4.74 Å². The van der Waals surface area contributed by atoms with Crippen LogP contribution in [0.25, 0.3) is 5.69 Å². The van der Waals surface area contributed by atoms with Gasteiger partial charge in [-0.2, -0.15) is 0 Å². The minimum Gasteiger partial charge on any atom is -0.491 e. The van der Waals surface area contributed by atoms with Gasteiger partial charge in [0.15, 0.2) is 5.69 Å². The largest absolute Gasteiger partial charge is 0.491 e. The Morgan fingerprint density at radius 2 is 1.86 bits per heavy atom. The highest BCUT2D eigenvalue weighted by Gasteiger charge is 2.40. The number of hydrogen-bond acceptors (Lipinski definition) is 5. The number of aliphatic hydroxyl groups is 1. The molecule has 2 unspecified atom stereocenters. The van der Waals surface area contributed by atoms with Gasteiger partial charge < -0.3 is 14.7 Å². The number of rotatable bonds is 5. The maximum Gasteiger partial charge on any atom is 0.276 e. The predicted octanol–water partition coefficient (Wildman–Crippen LogP) is 2.85. The number of carbonyl (C=O) groups is 1. The highest BCUT2D eigenvalue weighted by atomic mass is 16.5. The molecule has 1 saturated carbocycles. The van der Waals surface area contributed by atoms with Crippen LogP contribution >= 0.6 is 0 Å². The van der Waals surface area contributed by atoms with Crippen molar-refractivity contribution < 1.29 is 14.6 Å². The van der Waals surface area contributed by atoms with E-state index in [0.29, 0.717) is 25.2 Å². The van der Waals surface area contributed by atoms with E-state index in [0.717, 1.165) is 36.4 Å². The number of piperidine rings is 1. The van der Waals surface area contributed by atoms with E-state index in [1.165, 1.54) is 0 Å². The van der Waals surface area contributed by atoms with Crippen LogP contribution in [0.3, 0.4) is 0 Å². The van der Waals surface area contributed by atoms with Crippen molar-refractivity contribution in [2.45, 2.75) is 58.7 Å². The first-order valence-electron chi connectivity index (χ1n) is 10.7. The van der Waals surface area contributed by atoms with Gasteiger partial charge in [-0.15, -0.1) is 5.10 Å². The SMILES string of the molecule is CCc1c(C(=O)N2CC3CCCC(C2)C3O)nnn1-c1ccc(OC(C)C)cc1. The molecule has 29 heavy (non-hydrogen) atoms. The summed E-state index contributed by atoms with van der Waals surface area (Å²) in [7, 11) is 0. The second-order valence-electron chi connectivity index (χ2n) is 8.46. The molecule has 1 amide bonds. The molecule has 1 aliphatic heterocycles. The van der Waals surface area contributed by atoms with Gasteiger partial charge in [0.2, 0.25) is 0 Å². The summed E-state index contributed by atoms with van der Waals surface area (Å²) < 4.78 is 7.44. The molecule has 2 heterocycles. The highest BCUT2D eigenvalue weighted by molar-refractivity contribution is 5.93. The number of ether oxygens (including phenoxy) is 1. The molecule has 2 fully saturated rings. The Hall–Kier alpha value is -2.41. The first-order valence-corrected chi connectivity index (χ1v) is 10.7. The summed E-state index contributed by atoms with van der Waals surface area (Å²) in [4.78, 5) is 15.1. The lowest BCUT2D eigenvalue weighted by atomic mass is 9.75. The standard InChI is InChI=1S/C22H30N4O3/c1-4-19-20(22(28)25-12-15-6-5-7-16(13-25)21(15)27)23-24-26(19)17-8-10-18(11-9-17)29-14(2)3/h8-11,14-16,21,27H,4-7,12-13H2,1-3H3. The van der Waals surface area contributed by atoms with Crippen LogP contribution in [0, 0.1) is 11.8 Å². The van der Waals surface area contributed by atoms with E-state index >= 15 is 0 Å². The average Bonchev–Trinajstić information content (AvgIpc) is 3.11. The van der Waals surface area contributed by atoms with E-state index in [-0.39, 0.29) is 30.0 Å². The molecule has 2 atom stereocenters. The molecule has 156 valence electrons. The number of aliphatic hydroxyl groups excluding tert-OH is 1. The van der Waals surface area contributed by atoms with Crippen LogP contribution in [0.2, 0.25) is 0 Å². The lowest BCUT2D eigenvalue weighted by Gasteiger charge is -2.44. The second-order valence-corrected chi connectivity index (χ2v) is 8.46. The molecule has 1 aliphatic carbocycles. The van der Waals surface area contributed by atoms with Gasteiger partial charge >= 0.3 is 0 Å². The number of hydrogen-bond donors (Lipinski definition) is 1. The van der Waals surface area contributed by atoms with Crippen molar-refractivity contribution in [3.63, 3.8) is 0 Å². The summed E-state index contributed by atoms with van der Waals surface area (Å²) in [5.74, 6) is 1.09. The summed E-state index contributed by atoms with van der Waals surface area (Å²) in [5, 5.41) is 18.9. The molecule has 1 aromatic carbocycles. The van der Waals surface area contributed by atoms with Crippen LogP contribution in [0.15, 0.2) is 24.3 Å². The first-order chi connectivity index (χ1) is 14.0. The summed E-state index contributed by atoms with van der Waals surface area (Å²) in [6.07, 6.45) is 3.60. The Morgan fingerprint density at radius 3 is 2.45 bits per heavy atom. The van der Waals surface area contributed by atoms with Gasteiger partial charge in [0.1, 0.15) is 5.75 Å². The topological polar surface area (TPSA) is 80.5 Å². The number of carbonyl (C=O) groups excluding carboxylic acids is 1. The fourth-order valence-electron chi connectivity index (χ4n) is 4.65. The smallest absolute Gasteiger partial charge is 0.276 e. The number of benzene rings is 1. The third-order valence-corrected chi connectivity index (χ3v) is 6.07. The summed E-state index contributed by atoms with van der Waals surface area (Å²) in [5.41, 5.74) is 2.09. The van der Waals surface area contributed by atoms with E-state index < -0.39 is 0 Å². The Balaban J connectivity index is 1.56. The molecule has 2 aliphatic rings. The molecule has 7 nitrogen and oxygen atoms in total. The summed E-state index contributed by atoms with van der Waals surface area (Å²) >= 11 is 0. The van der Waals surface area contributed by atoms with Crippen molar-refractivity contribution in [1.29, 1.82) is 0 Å². The lowest BCUT2D eigenvalue weighted by Crippen LogP contribution is -2.53. The minimum absolute atomic E-state index is 0.0725. The first kappa shape index (κ1) is 19.9. The molecule has 0 spiro atoms. The van der Waals surface area contributed by atoms with Gasteiger partial charge in [-0.05, 0) is 57.4 Å². The molecule has 2 aromatic rings. The fourth-order valence-corrected chi connectivity index (χ4v) is 4.65. The molecular weight excluding hydrogens is 368 g/mol. The molecule has 0 radical (unpaired) electrons. The van der Waals surface area contributed by atoms with Gasteiger partial charge in [-0.25, -0.2) is 4.68 Å². The number of amides is 1. The Morgan fingerprint density at radius 1 is 1.21 bits per heavy atom. The Kier molecular flexibility index (Phi) is 5.58. The predicted molar refractivity (Wildman–Crippen MR) is 109 cm³/mol.